The van der Waals surface area contributed by atoms with E-state index >= 15 is 0 Å². The van der Waals surface area contributed by atoms with Crippen LogP contribution in [0.2, 0.25) is 0 Å². The number of carbonyl (C=O) groups is 2. The van der Waals surface area contributed by atoms with Crippen LogP contribution < -0.4 is 5.32 Å². The van der Waals surface area contributed by atoms with Crippen molar-refractivity contribution in [1.29, 1.82) is 5.26 Å². The van der Waals surface area contributed by atoms with E-state index in [9.17, 15) is 14.7 Å². The Hall–Kier alpha value is -3.73. The smallest absolute Gasteiger partial charge is 0.337 e. The predicted octanol–water partition coefficient (Wildman–Crippen LogP) is 4.07. The molecule has 0 aliphatic heterocycles. The molecule has 132 valence electrons. The van der Waals surface area contributed by atoms with E-state index in [4.69, 9.17) is 10.4 Å². The van der Waals surface area contributed by atoms with Crippen LogP contribution in [0.1, 0.15) is 27.6 Å². The van der Waals surface area contributed by atoms with Crippen molar-refractivity contribution in [2.24, 2.45) is 16.1 Å². The molecule has 8 heteroatoms. The summed E-state index contributed by atoms with van der Waals surface area (Å²) >= 11 is 0. The number of hydrogen-bond acceptors (Lipinski definition) is 6. The second-order valence-electron chi connectivity index (χ2n) is 5.50. The van der Waals surface area contributed by atoms with Gasteiger partial charge in [0.2, 0.25) is 0 Å². The van der Waals surface area contributed by atoms with Gasteiger partial charge in [-0.05, 0) is 43.3 Å². The highest BCUT2D eigenvalue weighted by Gasteiger charge is 2.13. The van der Waals surface area contributed by atoms with Crippen molar-refractivity contribution in [1.82, 2.24) is 0 Å². The molecule has 26 heavy (non-hydrogen) atoms. The highest BCUT2D eigenvalue weighted by Crippen LogP contribution is 2.25. The molecule has 0 radical (unpaired) electrons. The molecule has 0 aliphatic rings. The number of carboxylic acid groups (broad SMARTS) is 2. The van der Waals surface area contributed by atoms with E-state index in [1.807, 2.05) is 6.07 Å². The van der Waals surface area contributed by atoms with Gasteiger partial charge in [-0.2, -0.15) is 10.4 Å². The molecular formula is C18H16N4O4. The maximum atomic E-state index is 11.3. The van der Waals surface area contributed by atoms with E-state index in [1.165, 1.54) is 12.1 Å². The van der Waals surface area contributed by atoms with Gasteiger partial charge in [-0.1, -0.05) is 6.07 Å². The SMILES string of the molecule is CC(C#N)CNc1cccc(N=Nc2ccc(C(=O)O)cc2C(=O)O)c1. The molecule has 2 rings (SSSR count). The van der Waals surface area contributed by atoms with E-state index in [2.05, 4.69) is 21.6 Å². The molecule has 0 spiro atoms. The molecule has 1 unspecified atom stereocenters. The van der Waals surface area contributed by atoms with Crippen molar-refractivity contribution in [2.45, 2.75) is 6.92 Å². The van der Waals surface area contributed by atoms with Gasteiger partial charge >= 0.3 is 11.9 Å². The number of aromatic carboxylic acids is 2. The van der Waals surface area contributed by atoms with Gasteiger partial charge in [-0.15, -0.1) is 5.11 Å². The summed E-state index contributed by atoms with van der Waals surface area (Å²) < 4.78 is 0. The minimum Gasteiger partial charge on any atom is -0.478 e. The van der Waals surface area contributed by atoms with Crippen LogP contribution in [0, 0.1) is 17.2 Å². The summed E-state index contributed by atoms with van der Waals surface area (Å²) in [5, 5.41) is 38.0. The highest BCUT2D eigenvalue weighted by molar-refractivity contribution is 5.97. The van der Waals surface area contributed by atoms with Gasteiger partial charge in [-0.3, -0.25) is 0 Å². The predicted molar refractivity (Wildman–Crippen MR) is 94.2 cm³/mol. The first-order valence-electron chi connectivity index (χ1n) is 7.66. The molecule has 0 saturated heterocycles. The van der Waals surface area contributed by atoms with Crippen molar-refractivity contribution < 1.29 is 19.8 Å². The Morgan fingerprint density at radius 2 is 1.92 bits per heavy atom. The quantitative estimate of drug-likeness (QED) is 0.643. The Kier molecular flexibility index (Phi) is 6.01. The van der Waals surface area contributed by atoms with Gasteiger partial charge < -0.3 is 15.5 Å². The number of hydrogen-bond donors (Lipinski definition) is 3. The first kappa shape index (κ1) is 18.6. The van der Waals surface area contributed by atoms with Gasteiger partial charge in [0.15, 0.2) is 0 Å². The van der Waals surface area contributed by atoms with E-state index in [0.29, 0.717) is 12.2 Å². The van der Waals surface area contributed by atoms with Gasteiger partial charge in [0.25, 0.3) is 0 Å². The van der Waals surface area contributed by atoms with Crippen LogP contribution in [-0.2, 0) is 0 Å². The molecule has 2 aromatic rings. The van der Waals surface area contributed by atoms with Crippen LogP contribution >= 0.6 is 0 Å². The molecular weight excluding hydrogens is 336 g/mol. The molecule has 0 fully saturated rings. The third-order valence-corrected chi connectivity index (χ3v) is 3.43. The fraction of sp³-hybridized carbons (Fsp3) is 0.167. The van der Waals surface area contributed by atoms with Crippen LogP contribution in [0.4, 0.5) is 17.1 Å². The highest BCUT2D eigenvalue weighted by atomic mass is 16.4. The lowest BCUT2D eigenvalue weighted by Crippen LogP contribution is -2.08. The Balaban J connectivity index is 2.23. The fourth-order valence-electron chi connectivity index (χ4n) is 2.03. The average Bonchev–Trinajstić information content (AvgIpc) is 2.64. The second kappa shape index (κ2) is 8.39. The molecule has 0 bridgehead atoms. The Morgan fingerprint density at radius 3 is 2.58 bits per heavy atom. The number of nitrogens with zero attached hydrogens (tertiary/aromatic N) is 3. The number of rotatable bonds is 7. The molecule has 8 nitrogen and oxygen atoms in total. The first-order chi connectivity index (χ1) is 12.4. The molecule has 0 aliphatic carbocycles. The van der Waals surface area contributed by atoms with Crippen molar-refractivity contribution in [3.05, 3.63) is 53.6 Å². The lowest BCUT2D eigenvalue weighted by atomic mass is 10.1. The maximum absolute atomic E-state index is 11.3. The van der Waals surface area contributed by atoms with Crippen LogP contribution in [0.3, 0.4) is 0 Å². The van der Waals surface area contributed by atoms with Gasteiger partial charge in [0.1, 0.15) is 5.69 Å². The minimum atomic E-state index is -1.29. The zero-order valence-electron chi connectivity index (χ0n) is 13.9. The summed E-state index contributed by atoms with van der Waals surface area (Å²) in [6, 6.07) is 12.7. The van der Waals surface area contributed by atoms with E-state index in [1.54, 1.807) is 25.1 Å². The summed E-state index contributed by atoms with van der Waals surface area (Å²) in [5.74, 6) is -2.66. The van der Waals surface area contributed by atoms with Crippen LogP contribution in [0.5, 0.6) is 0 Å². The summed E-state index contributed by atoms with van der Waals surface area (Å²) in [4.78, 5) is 22.3. The number of nitriles is 1. The van der Waals surface area contributed by atoms with E-state index in [0.717, 1.165) is 11.8 Å². The van der Waals surface area contributed by atoms with Crippen molar-refractivity contribution in [3.63, 3.8) is 0 Å². The number of benzene rings is 2. The fourth-order valence-corrected chi connectivity index (χ4v) is 2.03. The summed E-state index contributed by atoms with van der Waals surface area (Å²) in [6.45, 7) is 2.28. The largest absolute Gasteiger partial charge is 0.478 e. The molecule has 0 saturated carbocycles. The van der Waals surface area contributed by atoms with E-state index in [-0.39, 0.29) is 22.7 Å². The molecule has 0 amide bonds. The molecule has 2 aromatic carbocycles. The Labute approximate surface area is 149 Å². The monoisotopic (exact) mass is 352 g/mol. The molecule has 1 atom stereocenters. The van der Waals surface area contributed by atoms with E-state index < -0.39 is 11.9 Å². The maximum Gasteiger partial charge on any atom is 0.337 e. The third-order valence-electron chi connectivity index (χ3n) is 3.43. The lowest BCUT2D eigenvalue weighted by Gasteiger charge is -2.07. The number of azo groups is 1. The van der Waals surface area contributed by atoms with Crippen LogP contribution in [-0.4, -0.2) is 28.7 Å². The second-order valence-corrected chi connectivity index (χ2v) is 5.50. The number of anilines is 1. The third kappa shape index (κ3) is 4.88. The summed E-state index contributed by atoms with van der Waals surface area (Å²) in [5.41, 5.74) is 0.908. The zero-order chi connectivity index (χ0) is 19.1. The Bertz CT molecular complexity index is 902. The number of nitrogens with one attached hydrogen (secondary N) is 1. The summed E-state index contributed by atoms with van der Waals surface area (Å²) in [7, 11) is 0. The molecule has 0 aromatic heterocycles. The lowest BCUT2D eigenvalue weighted by molar-refractivity contribution is 0.0696. The van der Waals surface area contributed by atoms with Crippen LogP contribution in [0.15, 0.2) is 52.7 Å². The van der Waals surface area contributed by atoms with Gasteiger partial charge in [-0.25, -0.2) is 9.59 Å². The average molecular weight is 352 g/mol. The topological polar surface area (TPSA) is 135 Å². The standard InChI is InChI=1S/C18H16N4O4/c1-11(9-19)10-20-13-3-2-4-14(8-13)21-22-16-6-5-12(17(23)24)7-15(16)18(25)26/h2-8,11,20H,10H2,1H3,(H,23,24)(H,25,26). The van der Waals surface area contributed by atoms with Crippen LogP contribution in [0.25, 0.3) is 0 Å². The van der Waals surface area contributed by atoms with Crippen molar-refractivity contribution in [2.75, 3.05) is 11.9 Å². The normalized spacial score (nSPS) is 11.7. The molecule has 3 N–H and O–H groups in total. The first-order valence-corrected chi connectivity index (χ1v) is 7.66. The van der Waals surface area contributed by atoms with Gasteiger partial charge in [0.05, 0.1) is 28.8 Å². The number of carboxylic acids is 2. The van der Waals surface area contributed by atoms with Crippen molar-refractivity contribution in [3.8, 4) is 6.07 Å². The van der Waals surface area contributed by atoms with Gasteiger partial charge in [0, 0.05) is 12.2 Å². The molecule has 0 heterocycles. The van der Waals surface area contributed by atoms with Crippen molar-refractivity contribution >= 4 is 29.0 Å². The zero-order valence-corrected chi connectivity index (χ0v) is 13.9. The Morgan fingerprint density at radius 1 is 1.15 bits per heavy atom. The minimum absolute atomic E-state index is 0.0546. The summed E-state index contributed by atoms with van der Waals surface area (Å²) in [6.07, 6.45) is 0.